The molecule has 3 rings (SSSR count). The van der Waals surface area contributed by atoms with Gasteiger partial charge in [-0.2, -0.15) is 0 Å². The zero-order chi connectivity index (χ0) is 19.3. The second-order valence-corrected chi connectivity index (χ2v) is 6.46. The molecular formula is C21H22N2O4. The minimum Gasteiger partial charge on any atom is -0.481 e. The number of oxazole rings is 1. The predicted molar refractivity (Wildman–Crippen MR) is 101 cm³/mol. The summed E-state index contributed by atoms with van der Waals surface area (Å²) in [6, 6.07) is 16.4. The molecule has 2 N–H and O–H groups in total. The maximum absolute atomic E-state index is 12.3. The van der Waals surface area contributed by atoms with Crippen LogP contribution in [0.15, 0.2) is 59.0 Å². The van der Waals surface area contributed by atoms with Crippen LogP contribution in [-0.2, 0) is 21.4 Å². The van der Waals surface area contributed by atoms with Crippen LogP contribution < -0.4 is 5.32 Å². The molecule has 0 radical (unpaired) electrons. The van der Waals surface area contributed by atoms with Gasteiger partial charge in [-0.3, -0.25) is 9.59 Å². The highest BCUT2D eigenvalue weighted by atomic mass is 16.4. The number of aliphatic carboxylic acids is 1. The molecule has 0 saturated heterocycles. The van der Waals surface area contributed by atoms with Gasteiger partial charge in [-0.25, -0.2) is 4.98 Å². The lowest BCUT2D eigenvalue weighted by molar-refractivity contribution is -0.144. The van der Waals surface area contributed by atoms with Crippen LogP contribution in [0.25, 0.3) is 11.1 Å². The van der Waals surface area contributed by atoms with E-state index in [1.807, 2.05) is 37.3 Å². The minimum atomic E-state index is -1.14. The number of aromatic nitrogens is 1. The molecule has 0 spiro atoms. The number of carboxylic acid groups (broad SMARTS) is 1. The maximum atomic E-state index is 12.3. The highest BCUT2D eigenvalue weighted by Crippen LogP contribution is 2.28. The topological polar surface area (TPSA) is 92.4 Å². The Morgan fingerprint density at radius 1 is 1.11 bits per heavy atom. The van der Waals surface area contributed by atoms with Crippen molar-refractivity contribution in [3.63, 3.8) is 0 Å². The molecule has 140 valence electrons. The Labute approximate surface area is 157 Å². The van der Waals surface area contributed by atoms with E-state index in [0.717, 1.165) is 5.52 Å². The summed E-state index contributed by atoms with van der Waals surface area (Å²) >= 11 is 0. The number of fused-ring (bicyclic) bond motifs is 1. The zero-order valence-corrected chi connectivity index (χ0v) is 15.1. The van der Waals surface area contributed by atoms with Crippen molar-refractivity contribution in [2.75, 3.05) is 6.54 Å². The summed E-state index contributed by atoms with van der Waals surface area (Å²) in [7, 11) is 0. The van der Waals surface area contributed by atoms with Crippen molar-refractivity contribution < 1.29 is 19.1 Å². The number of aryl methyl sites for hydroxylation is 1. The van der Waals surface area contributed by atoms with Crippen LogP contribution >= 0.6 is 0 Å². The molecule has 1 heterocycles. The quantitative estimate of drug-likeness (QED) is 0.638. The Morgan fingerprint density at radius 2 is 1.81 bits per heavy atom. The fourth-order valence-corrected chi connectivity index (χ4v) is 3.12. The van der Waals surface area contributed by atoms with E-state index in [1.54, 1.807) is 24.3 Å². The van der Waals surface area contributed by atoms with Crippen molar-refractivity contribution >= 4 is 23.0 Å². The van der Waals surface area contributed by atoms with Gasteiger partial charge in [0.2, 0.25) is 5.91 Å². The van der Waals surface area contributed by atoms with E-state index in [4.69, 9.17) is 4.42 Å². The van der Waals surface area contributed by atoms with Crippen molar-refractivity contribution in [1.29, 1.82) is 0 Å². The lowest BCUT2D eigenvalue weighted by Gasteiger charge is -2.29. The molecule has 1 unspecified atom stereocenters. The number of carbonyl (C=O) groups is 2. The van der Waals surface area contributed by atoms with E-state index in [-0.39, 0.29) is 18.9 Å². The summed E-state index contributed by atoms with van der Waals surface area (Å²) in [4.78, 5) is 28.6. The molecule has 0 aliphatic carbocycles. The number of nitrogens with zero attached hydrogens (tertiary/aromatic N) is 1. The molecule has 0 saturated carbocycles. The maximum Gasteiger partial charge on any atom is 0.315 e. The van der Waals surface area contributed by atoms with Gasteiger partial charge < -0.3 is 14.8 Å². The fraction of sp³-hybridized carbons (Fsp3) is 0.286. The second-order valence-electron chi connectivity index (χ2n) is 6.46. The standard InChI is InChI=1S/C21H22N2O4/c1-2-21(20(25)26,15-8-4-3-5-9-15)14-22-18(24)12-13-19-23-16-10-6-7-11-17(16)27-19/h3-11H,2,12-14H2,1H3,(H,22,24)(H,25,26). The number of amides is 1. The van der Waals surface area contributed by atoms with Gasteiger partial charge in [0.1, 0.15) is 10.9 Å². The van der Waals surface area contributed by atoms with Gasteiger partial charge >= 0.3 is 5.97 Å². The number of rotatable bonds is 8. The monoisotopic (exact) mass is 366 g/mol. The van der Waals surface area contributed by atoms with Crippen LogP contribution in [0.4, 0.5) is 0 Å². The molecule has 1 amide bonds. The van der Waals surface area contributed by atoms with Gasteiger partial charge in [-0.15, -0.1) is 0 Å². The molecular weight excluding hydrogens is 344 g/mol. The first-order valence-corrected chi connectivity index (χ1v) is 8.95. The molecule has 1 aromatic heterocycles. The van der Waals surface area contributed by atoms with Gasteiger partial charge in [0.15, 0.2) is 11.5 Å². The number of benzene rings is 2. The number of para-hydroxylation sites is 2. The van der Waals surface area contributed by atoms with Gasteiger partial charge in [0, 0.05) is 19.4 Å². The Balaban J connectivity index is 1.63. The van der Waals surface area contributed by atoms with Crippen LogP contribution in [0, 0.1) is 0 Å². The van der Waals surface area contributed by atoms with Gasteiger partial charge in [-0.05, 0) is 24.1 Å². The third kappa shape index (κ3) is 4.00. The number of hydrogen-bond donors (Lipinski definition) is 2. The number of carbonyl (C=O) groups excluding carboxylic acids is 1. The normalized spacial score (nSPS) is 13.2. The van der Waals surface area contributed by atoms with Crippen molar-refractivity contribution in [2.45, 2.75) is 31.6 Å². The Hall–Kier alpha value is -3.15. The third-order valence-electron chi connectivity index (χ3n) is 4.83. The zero-order valence-electron chi connectivity index (χ0n) is 15.1. The summed E-state index contributed by atoms with van der Waals surface area (Å²) < 4.78 is 5.61. The molecule has 27 heavy (non-hydrogen) atoms. The Bertz CT molecular complexity index is 903. The molecule has 1 atom stereocenters. The second kappa shape index (κ2) is 8.03. The molecule has 0 aliphatic heterocycles. The smallest absolute Gasteiger partial charge is 0.315 e. The first kappa shape index (κ1) is 18.6. The average Bonchev–Trinajstić information content (AvgIpc) is 3.11. The van der Waals surface area contributed by atoms with Crippen LogP contribution in [0.5, 0.6) is 0 Å². The van der Waals surface area contributed by atoms with Crippen LogP contribution in [0.1, 0.15) is 31.2 Å². The highest BCUT2D eigenvalue weighted by Gasteiger charge is 2.38. The SMILES string of the molecule is CCC(CNC(=O)CCc1nc2ccccc2o1)(C(=O)O)c1ccccc1. The van der Waals surface area contributed by atoms with E-state index >= 15 is 0 Å². The molecule has 0 aliphatic rings. The van der Waals surface area contributed by atoms with Crippen molar-refractivity contribution in [3.8, 4) is 0 Å². The van der Waals surface area contributed by atoms with Crippen molar-refractivity contribution in [2.24, 2.45) is 0 Å². The van der Waals surface area contributed by atoms with E-state index in [9.17, 15) is 14.7 Å². The van der Waals surface area contributed by atoms with Crippen LogP contribution in [0.3, 0.4) is 0 Å². The fourth-order valence-electron chi connectivity index (χ4n) is 3.12. The summed E-state index contributed by atoms with van der Waals surface area (Å²) in [5.74, 6) is -0.683. The average molecular weight is 366 g/mol. The van der Waals surface area contributed by atoms with Crippen LogP contribution in [-0.4, -0.2) is 28.5 Å². The lowest BCUT2D eigenvalue weighted by Crippen LogP contribution is -2.46. The summed E-state index contributed by atoms with van der Waals surface area (Å²) in [5.41, 5.74) is 0.981. The Kier molecular flexibility index (Phi) is 5.54. The van der Waals surface area contributed by atoms with Gasteiger partial charge in [-0.1, -0.05) is 49.4 Å². The summed E-state index contributed by atoms with van der Waals surface area (Å²) in [6.07, 6.45) is 0.914. The van der Waals surface area contributed by atoms with E-state index < -0.39 is 11.4 Å². The summed E-state index contributed by atoms with van der Waals surface area (Å²) in [5, 5.41) is 12.6. The molecule has 6 nitrogen and oxygen atoms in total. The van der Waals surface area contributed by atoms with Gasteiger partial charge in [0.25, 0.3) is 0 Å². The van der Waals surface area contributed by atoms with Crippen molar-refractivity contribution in [3.05, 3.63) is 66.1 Å². The largest absolute Gasteiger partial charge is 0.481 e. The number of carboxylic acids is 1. The van der Waals surface area contributed by atoms with E-state index in [0.29, 0.717) is 29.9 Å². The number of hydrogen-bond acceptors (Lipinski definition) is 4. The minimum absolute atomic E-state index is 0.0369. The molecule has 0 bridgehead atoms. The first-order valence-electron chi connectivity index (χ1n) is 8.95. The first-order chi connectivity index (χ1) is 13.0. The molecule has 3 aromatic rings. The van der Waals surface area contributed by atoms with Crippen molar-refractivity contribution in [1.82, 2.24) is 10.3 Å². The highest BCUT2D eigenvalue weighted by molar-refractivity contribution is 5.83. The molecule has 0 fully saturated rings. The van der Waals surface area contributed by atoms with E-state index in [1.165, 1.54) is 0 Å². The Morgan fingerprint density at radius 3 is 2.48 bits per heavy atom. The molecule has 6 heteroatoms. The lowest BCUT2D eigenvalue weighted by atomic mass is 9.78. The third-order valence-corrected chi connectivity index (χ3v) is 4.83. The number of nitrogens with one attached hydrogen (secondary N) is 1. The predicted octanol–water partition coefficient (Wildman–Crippen LogP) is 3.31. The molecule has 2 aromatic carbocycles. The van der Waals surface area contributed by atoms with Crippen LogP contribution in [0.2, 0.25) is 0 Å². The summed E-state index contributed by atoms with van der Waals surface area (Å²) in [6.45, 7) is 1.85. The van der Waals surface area contributed by atoms with E-state index in [2.05, 4.69) is 10.3 Å². The van der Waals surface area contributed by atoms with Gasteiger partial charge in [0.05, 0.1) is 0 Å².